The first-order chi connectivity index (χ1) is 16.5. The summed E-state index contributed by atoms with van der Waals surface area (Å²) in [4.78, 5) is 17.6. The van der Waals surface area contributed by atoms with Gasteiger partial charge in [0.1, 0.15) is 11.6 Å². The molecule has 1 unspecified atom stereocenters. The summed E-state index contributed by atoms with van der Waals surface area (Å²) in [5.41, 5.74) is 2.71. The molecule has 0 spiro atoms. The minimum atomic E-state index is -0.480. The number of likely N-dealkylation sites (tertiary alicyclic amines) is 1. The molecule has 0 saturated carbocycles. The number of hydrogen-bond donors (Lipinski definition) is 1. The normalized spacial score (nSPS) is 15.1. The third-order valence-electron chi connectivity index (χ3n) is 6.34. The highest BCUT2D eigenvalue weighted by Gasteiger charge is 2.25. The molecule has 2 heterocycles. The highest BCUT2D eigenvalue weighted by Crippen LogP contribution is 2.33. The van der Waals surface area contributed by atoms with E-state index in [9.17, 15) is 15.4 Å². The molecule has 3 aromatic rings. The number of nitriles is 1. The Bertz CT molecular complexity index is 1170. The Morgan fingerprint density at radius 2 is 1.79 bits per heavy atom. The van der Waals surface area contributed by atoms with Gasteiger partial charge in [-0.15, -0.1) is 0 Å². The molecule has 8 nitrogen and oxygen atoms in total. The number of aromatic nitrogens is 1. The van der Waals surface area contributed by atoms with Crippen molar-refractivity contribution in [3.63, 3.8) is 0 Å². The van der Waals surface area contributed by atoms with Crippen LogP contribution in [0.25, 0.3) is 11.5 Å². The minimum absolute atomic E-state index is 0.0576. The predicted octanol–water partition coefficient (Wildman–Crippen LogP) is 5.88. The molecule has 1 atom stereocenters. The second-order valence-electron chi connectivity index (χ2n) is 8.90. The monoisotopic (exact) mass is 459 g/mol. The first-order valence-corrected chi connectivity index (χ1v) is 11.7. The zero-order chi connectivity index (χ0) is 24.1. The van der Waals surface area contributed by atoms with Gasteiger partial charge in [0, 0.05) is 12.6 Å². The van der Waals surface area contributed by atoms with Crippen molar-refractivity contribution in [2.45, 2.75) is 45.1 Å². The quantitative estimate of drug-likeness (QED) is 0.331. The standard InChI is InChI=1S/C26H29N5O3/c1-18(2)19-10-12-20(13-11-19)24(30-14-6-3-7-15-30)17-28-26-22(16-27)29-25(34-26)21-8-4-5-9-23(21)31(32)33/h4-5,8-13,18,24,28H,3,6-7,14-15,17H2,1-2H3. The molecule has 1 fully saturated rings. The molecule has 1 aliphatic heterocycles. The van der Waals surface area contributed by atoms with Crippen LogP contribution in [0.15, 0.2) is 52.9 Å². The Labute approximate surface area is 199 Å². The fraction of sp³-hybridized carbons (Fsp3) is 0.385. The second kappa shape index (κ2) is 10.5. The number of oxazole rings is 1. The lowest BCUT2D eigenvalue weighted by atomic mass is 9.97. The van der Waals surface area contributed by atoms with E-state index in [1.54, 1.807) is 18.2 Å². The van der Waals surface area contributed by atoms with Crippen LogP contribution in [0.2, 0.25) is 0 Å². The fourth-order valence-corrected chi connectivity index (χ4v) is 4.42. The van der Waals surface area contributed by atoms with Crippen LogP contribution in [0.1, 0.15) is 61.9 Å². The Balaban J connectivity index is 1.60. The zero-order valence-corrected chi connectivity index (χ0v) is 19.5. The van der Waals surface area contributed by atoms with Crippen LogP contribution in [-0.2, 0) is 0 Å². The van der Waals surface area contributed by atoms with Crippen molar-refractivity contribution in [2.75, 3.05) is 25.0 Å². The van der Waals surface area contributed by atoms with Gasteiger partial charge in [0.2, 0.25) is 17.5 Å². The van der Waals surface area contributed by atoms with E-state index >= 15 is 0 Å². The van der Waals surface area contributed by atoms with Gasteiger partial charge in [-0.1, -0.05) is 56.7 Å². The van der Waals surface area contributed by atoms with Gasteiger partial charge >= 0.3 is 0 Å². The average Bonchev–Trinajstić information content (AvgIpc) is 3.28. The fourth-order valence-electron chi connectivity index (χ4n) is 4.42. The number of anilines is 1. The maximum atomic E-state index is 11.4. The van der Waals surface area contributed by atoms with Crippen molar-refractivity contribution in [1.29, 1.82) is 5.26 Å². The minimum Gasteiger partial charge on any atom is -0.419 e. The maximum Gasteiger partial charge on any atom is 0.282 e. The van der Waals surface area contributed by atoms with Crippen molar-refractivity contribution in [1.82, 2.24) is 9.88 Å². The number of hydrogen-bond acceptors (Lipinski definition) is 7. The molecule has 1 saturated heterocycles. The third-order valence-corrected chi connectivity index (χ3v) is 6.34. The lowest BCUT2D eigenvalue weighted by Gasteiger charge is -2.35. The van der Waals surface area contributed by atoms with E-state index in [1.165, 1.54) is 23.6 Å². The molecule has 1 aromatic heterocycles. The predicted molar refractivity (Wildman–Crippen MR) is 130 cm³/mol. The number of rotatable bonds is 8. The van der Waals surface area contributed by atoms with Gasteiger partial charge in [-0.2, -0.15) is 10.2 Å². The highest BCUT2D eigenvalue weighted by atomic mass is 16.6. The second-order valence-corrected chi connectivity index (χ2v) is 8.90. The summed E-state index contributed by atoms with van der Waals surface area (Å²) in [5.74, 6) is 0.757. The number of nitrogens with one attached hydrogen (secondary N) is 1. The molecule has 4 rings (SSSR count). The Morgan fingerprint density at radius 1 is 1.12 bits per heavy atom. The molecule has 0 radical (unpaired) electrons. The molecule has 176 valence electrons. The number of piperidine rings is 1. The molecule has 0 bridgehead atoms. The van der Waals surface area contributed by atoms with E-state index in [2.05, 4.69) is 53.3 Å². The van der Waals surface area contributed by atoms with E-state index in [0.29, 0.717) is 12.5 Å². The summed E-state index contributed by atoms with van der Waals surface area (Å²) in [7, 11) is 0. The van der Waals surface area contributed by atoms with Crippen LogP contribution in [0.3, 0.4) is 0 Å². The van der Waals surface area contributed by atoms with Crippen molar-refractivity contribution >= 4 is 11.6 Å². The van der Waals surface area contributed by atoms with Crippen LogP contribution < -0.4 is 5.32 Å². The summed E-state index contributed by atoms with van der Waals surface area (Å²) in [6.45, 7) is 6.92. The van der Waals surface area contributed by atoms with Crippen molar-refractivity contribution in [3.05, 3.63) is 75.5 Å². The number of nitro groups is 1. The summed E-state index contributed by atoms with van der Waals surface area (Å²) < 4.78 is 5.84. The Hall–Kier alpha value is -3.70. The van der Waals surface area contributed by atoms with E-state index in [0.717, 1.165) is 25.9 Å². The summed E-state index contributed by atoms with van der Waals surface area (Å²) in [6.07, 6.45) is 3.56. The van der Waals surface area contributed by atoms with Crippen LogP contribution in [-0.4, -0.2) is 34.4 Å². The number of para-hydroxylation sites is 1. The van der Waals surface area contributed by atoms with Crippen molar-refractivity contribution in [3.8, 4) is 17.5 Å². The number of nitrogens with zero attached hydrogens (tertiary/aromatic N) is 4. The molecule has 0 amide bonds. The molecular formula is C26H29N5O3. The Morgan fingerprint density at radius 3 is 2.44 bits per heavy atom. The van der Waals surface area contributed by atoms with Crippen molar-refractivity contribution in [2.24, 2.45) is 0 Å². The van der Waals surface area contributed by atoms with Crippen LogP contribution >= 0.6 is 0 Å². The molecule has 1 aliphatic rings. The Kier molecular flexibility index (Phi) is 7.24. The summed E-state index contributed by atoms with van der Waals surface area (Å²) in [6, 6.07) is 17.1. The van der Waals surface area contributed by atoms with Gasteiger partial charge in [-0.05, 0) is 49.0 Å². The molecule has 34 heavy (non-hydrogen) atoms. The van der Waals surface area contributed by atoms with E-state index in [1.807, 2.05) is 6.07 Å². The van der Waals surface area contributed by atoms with Gasteiger partial charge in [0.15, 0.2) is 0 Å². The topological polar surface area (TPSA) is 108 Å². The van der Waals surface area contributed by atoms with Gasteiger partial charge < -0.3 is 9.73 Å². The average molecular weight is 460 g/mol. The molecular weight excluding hydrogens is 430 g/mol. The van der Waals surface area contributed by atoms with Crippen molar-refractivity contribution < 1.29 is 9.34 Å². The molecule has 0 aliphatic carbocycles. The lowest BCUT2D eigenvalue weighted by molar-refractivity contribution is -0.384. The molecule has 8 heteroatoms. The van der Waals surface area contributed by atoms with Gasteiger partial charge in [0.05, 0.1) is 11.0 Å². The van der Waals surface area contributed by atoms with Crippen LogP contribution in [0.5, 0.6) is 0 Å². The highest BCUT2D eigenvalue weighted by molar-refractivity contribution is 5.68. The maximum absolute atomic E-state index is 11.4. The number of benzene rings is 2. The SMILES string of the molecule is CC(C)c1ccc(C(CNc2oc(-c3ccccc3[N+](=O)[O-])nc2C#N)N2CCCCC2)cc1. The van der Waals surface area contributed by atoms with Gasteiger partial charge in [-0.25, -0.2) is 0 Å². The smallest absolute Gasteiger partial charge is 0.282 e. The van der Waals surface area contributed by atoms with E-state index in [4.69, 9.17) is 4.42 Å². The molecule has 2 aromatic carbocycles. The first-order valence-electron chi connectivity index (χ1n) is 11.7. The number of nitro benzene ring substituents is 1. The lowest BCUT2D eigenvalue weighted by Crippen LogP contribution is -2.37. The van der Waals surface area contributed by atoms with E-state index in [-0.39, 0.29) is 34.8 Å². The van der Waals surface area contributed by atoms with Gasteiger partial charge in [-0.3, -0.25) is 15.0 Å². The molecule has 1 N–H and O–H groups in total. The first kappa shape index (κ1) is 23.5. The third kappa shape index (κ3) is 5.10. The van der Waals surface area contributed by atoms with Gasteiger partial charge in [0.25, 0.3) is 5.69 Å². The summed E-state index contributed by atoms with van der Waals surface area (Å²) >= 11 is 0. The largest absolute Gasteiger partial charge is 0.419 e. The summed E-state index contributed by atoms with van der Waals surface area (Å²) in [5, 5.41) is 24.3. The van der Waals surface area contributed by atoms with E-state index < -0.39 is 4.92 Å². The zero-order valence-electron chi connectivity index (χ0n) is 19.5. The van der Waals surface area contributed by atoms with Crippen LogP contribution in [0.4, 0.5) is 11.6 Å². The van der Waals surface area contributed by atoms with Crippen LogP contribution in [0, 0.1) is 21.4 Å².